The van der Waals surface area contributed by atoms with E-state index in [9.17, 15) is 4.79 Å². The molecule has 2 N–H and O–H groups in total. The number of nitrogens with one attached hydrogen (secondary N) is 2. The first-order valence-corrected chi connectivity index (χ1v) is 8.02. The molecule has 19 heavy (non-hydrogen) atoms. The summed E-state index contributed by atoms with van der Waals surface area (Å²) in [7, 11) is 0. The highest BCUT2D eigenvalue weighted by Gasteiger charge is 2.42. The number of piperidine rings is 1. The Kier molecular flexibility index (Phi) is 4.54. The van der Waals surface area contributed by atoms with Crippen molar-refractivity contribution in [3.05, 3.63) is 0 Å². The van der Waals surface area contributed by atoms with Gasteiger partial charge in [-0.3, -0.25) is 4.79 Å². The molecule has 1 amide bonds. The van der Waals surface area contributed by atoms with E-state index in [1.54, 1.807) is 0 Å². The van der Waals surface area contributed by atoms with Crippen LogP contribution in [-0.4, -0.2) is 25.0 Å². The van der Waals surface area contributed by atoms with Gasteiger partial charge in [-0.1, -0.05) is 33.6 Å². The first-order chi connectivity index (χ1) is 9.00. The van der Waals surface area contributed by atoms with Gasteiger partial charge in [0, 0.05) is 12.6 Å². The smallest absolute Gasteiger partial charge is 0.227 e. The van der Waals surface area contributed by atoms with Crippen molar-refractivity contribution in [1.29, 1.82) is 0 Å². The number of amides is 1. The molecule has 2 unspecified atom stereocenters. The summed E-state index contributed by atoms with van der Waals surface area (Å²) in [4.78, 5) is 12.8. The number of carbonyl (C=O) groups is 1. The molecule has 1 heterocycles. The molecule has 2 rings (SSSR count). The van der Waals surface area contributed by atoms with Crippen molar-refractivity contribution in [1.82, 2.24) is 10.6 Å². The van der Waals surface area contributed by atoms with Crippen LogP contribution in [0.2, 0.25) is 0 Å². The molecule has 110 valence electrons. The zero-order valence-electron chi connectivity index (χ0n) is 12.8. The molecular formula is C16H30N2O. The highest BCUT2D eigenvalue weighted by molar-refractivity contribution is 5.83. The predicted octanol–water partition coefficient (Wildman–Crippen LogP) is 2.85. The number of hydrogen-bond acceptors (Lipinski definition) is 2. The van der Waals surface area contributed by atoms with Crippen molar-refractivity contribution in [3.63, 3.8) is 0 Å². The Morgan fingerprint density at radius 3 is 2.63 bits per heavy atom. The van der Waals surface area contributed by atoms with Gasteiger partial charge in [0.2, 0.25) is 5.91 Å². The molecule has 1 aliphatic carbocycles. The van der Waals surface area contributed by atoms with E-state index in [1.807, 2.05) is 0 Å². The van der Waals surface area contributed by atoms with Crippen LogP contribution in [0.15, 0.2) is 0 Å². The van der Waals surface area contributed by atoms with E-state index in [0.717, 1.165) is 45.2 Å². The third-order valence-corrected chi connectivity index (χ3v) is 5.25. The van der Waals surface area contributed by atoms with Crippen molar-refractivity contribution in [2.24, 2.45) is 10.8 Å². The summed E-state index contributed by atoms with van der Waals surface area (Å²) in [6, 6.07) is 0.371. The van der Waals surface area contributed by atoms with Gasteiger partial charge >= 0.3 is 0 Å². The summed E-state index contributed by atoms with van der Waals surface area (Å²) in [5.41, 5.74) is 0.122. The van der Waals surface area contributed by atoms with E-state index in [-0.39, 0.29) is 10.8 Å². The largest absolute Gasteiger partial charge is 0.352 e. The second-order valence-corrected chi connectivity index (χ2v) is 7.22. The van der Waals surface area contributed by atoms with Crippen LogP contribution >= 0.6 is 0 Å². The van der Waals surface area contributed by atoms with Gasteiger partial charge in [0.25, 0.3) is 0 Å². The van der Waals surface area contributed by atoms with Crippen LogP contribution < -0.4 is 10.6 Å². The molecule has 2 atom stereocenters. The van der Waals surface area contributed by atoms with Gasteiger partial charge in [0.05, 0.1) is 5.41 Å². The molecule has 0 aromatic rings. The zero-order valence-corrected chi connectivity index (χ0v) is 12.8. The lowest BCUT2D eigenvalue weighted by Crippen LogP contribution is -2.54. The Bertz CT molecular complexity index is 313. The Morgan fingerprint density at radius 2 is 2.11 bits per heavy atom. The minimum Gasteiger partial charge on any atom is -0.352 e. The van der Waals surface area contributed by atoms with Crippen LogP contribution in [0.1, 0.15) is 65.7 Å². The van der Waals surface area contributed by atoms with Crippen molar-refractivity contribution < 1.29 is 4.79 Å². The average molecular weight is 266 g/mol. The molecule has 1 saturated heterocycles. The molecule has 1 saturated carbocycles. The number of rotatable bonds is 4. The summed E-state index contributed by atoms with van der Waals surface area (Å²) in [5, 5.41) is 6.81. The summed E-state index contributed by atoms with van der Waals surface area (Å²) in [6.45, 7) is 8.68. The lowest BCUT2D eigenvalue weighted by atomic mass is 9.75. The molecule has 3 nitrogen and oxygen atoms in total. The van der Waals surface area contributed by atoms with Crippen molar-refractivity contribution in [2.45, 2.75) is 71.8 Å². The number of hydrogen-bond donors (Lipinski definition) is 2. The molecule has 0 aromatic carbocycles. The van der Waals surface area contributed by atoms with Crippen molar-refractivity contribution in [2.75, 3.05) is 13.1 Å². The monoisotopic (exact) mass is 266 g/mol. The van der Waals surface area contributed by atoms with Gasteiger partial charge in [-0.25, -0.2) is 0 Å². The Balaban J connectivity index is 2.03. The van der Waals surface area contributed by atoms with Crippen LogP contribution in [0.25, 0.3) is 0 Å². The molecule has 3 heteroatoms. The van der Waals surface area contributed by atoms with E-state index >= 15 is 0 Å². The van der Waals surface area contributed by atoms with Crippen LogP contribution in [-0.2, 0) is 4.79 Å². The maximum atomic E-state index is 12.8. The normalized spacial score (nSPS) is 34.2. The fraction of sp³-hybridized carbons (Fsp3) is 0.938. The minimum atomic E-state index is -0.147. The van der Waals surface area contributed by atoms with Gasteiger partial charge in [-0.15, -0.1) is 0 Å². The number of carbonyl (C=O) groups excluding carboxylic acids is 1. The van der Waals surface area contributed by atoms with Gasteiger partial charge in [-0.2, -0.15) is 0 Å². The fourth-order valence-corrected chi connectivity index (χ4v) is 3.87. The maximum Gasteiger partial charge on any atom is 0.227 e. The Hall–Kier alpha value is -0.570. The minimum absolute atomic E-state index is 0.147. The first kappa shape index (κ1) is 14.8. The fourth-order valence-electron chi connectivity index (χ4n) is 3.87. The molecule has 0 bridgehead atoms. The molecule has 0 spiro atoms. The third-order valence-electron chi connectivity index (χ3n) is 5.25. The standard InChI is InChI=1S/C16H30N2O/c1-4-8-16(10-6-11-17-12-16)14(19)18-13-7-5-9-15(13,2)3/h13,17H,4-12H2,1-3H3,(H,18,19). The van der Waals surface area contributed by atoms with Crippen LogP contribution in [0.3, 0.4) is 0 Å². The van der Waals surface area contributed by atoms with Crippen LogP contribution in [0, 0.1) is 10.8 Å². The predicted molar refractivity (Wildman–Crippen MR) is 79.0 cm³/mol. The lowest BCUT2D eigenvalue weighted by molar-refractivity contribution is -0.134. The summed E-state index contributed by atoms with van der Waals surface area (Å²) >= 11 is 0. The van der Waals surface area contributed by atoms with Crippen LogP contribution in [0.5, 0.6) is 0 Å². The quantitative estimate of drug-likeness (QED) is 0.821. The third kappa shape index (κ3) is 3.13. The van der Waals surface area contributed by atoms with Gasteiger partial charge < -0.3 is 10.6 Å². The second kappa shape index (κ2) is 5.82. The van der Waals surface area contributed by atoms with E-state index in [4.69, 9.17) is 0 Å². The summed E-state index contributed by atoms with van der Waals surface area (Å²) in [5.74, 6) is 0.307. The molecule has 2 aliphatic rings. The highest BCUT2D eigenvalue weighted by Crippen LogP contribution is 2.39. The highest BCUT2D eigenvalue weighted by atomic mass is 16.2. The molecule has 2 fully saturated rings. The van der Waals surface area contributed by atoms with E-state index < -0.39 is 0 Å². The molecule has 1 aliphatic heterocycles. The summed E-state index contributed by atoms with van der Waals surface area (Å²) < 4.78 is 0. The Morgan fingerprint density at radius 1 is 1.32 bits per heavy atom. The van der Waals surface area contributed by atoms with E-state index in [1.165, 1.54) is 12.8 Å². The molecule has 0 radical (unpaired) electrons. The second-order valence-electron chi connectivity index (χ2n) is 7.22. The van der Waals surface area contributed by atoms with Gasteiger partial charge in [0.1, 0.15) is 0 Å². The lowest BCUT2D eigenvalue weighted by Gasteiger charge is -2.39. The molecule has 0 aromatic heterocycles. The summed E-state index contributed by atoms with van der Waals surface area (Å²) in [6.07, 6.45) is 7.90. The molecular weight excluding hydrogens is 236 g/mol. The van der Waals surface area contributed by atoms with Crippen LogP contribution in [0.4, 0.5) is 0 Å². The van der Waals surface area contributed by atoms with Crippen molar-refractivity contribution >= 4 is 5.91 Å². The average Bonchev–Trinajstić information content (AvgIpc) is 2.70. The Labute approximate surface area is 117 Å². The SMILES string of the molecule is CCCC1(C(=O)NC2CCCC2(C)C)CCCNC1. The maximum absolute atomic E-state index is 12.8. The van der Waals surface area contributed by atoms with Crippen molar-refractivity contribution in [3.8, 4) is 0 Å². The topological polar surface area (TPSA) is 41.1 Å². The zero-order chi connectivity index (χ0) is 13.9. The van der Waals surface area contributed by atoms with Gasteiger partial charge in [-0.05, 0) is 44.1 Å². The van der Waals surface area contributed by atoms with Gasteiger partial charge in [0.15, 0.2) is 0 Å². The first-order valence-electron chi connectivity index (χ1n) is 8.02. The van der Waals surface area contributed by atoms with E-state index in [0.29, 0.717) is 11.9 Å². The van der Waals surface area contributed by atoms with E-state index in [2.05, 4.69) is 31.4 Å².